The molecule has 0 saturated carbocycles. The van der Waals surface area contributed by atoms with Gasteiger partial charge in [-0.1, -0.05) is 58.0 Å². The number of aromatic nitrogens is 4. The van der Waals surface area contributed by atoms with Gasteiger partial charge in [0.1, 0.15) is 0 Å². The molecule has 0 unspecified atom stereocenters. The minimum absolute atomic E-state index is 0.0936. The minimum atomic E-state index is -0.0936. The Balaban J connectivity index is 1.52. The molecule has 0 aliphatic heterocycles. The van der Waals surface area contributed by atoms with E-state index in [4.69, 9.17) is 0 Å². The Labute approximate surface area is 193 Å². The average molecular weight is 494 g/mol. The van der Waals surface area contributed by atoms with Crippen LogP contribution >= 0.6 is 27.7 Å². The molecule has 8 heteroatoms. The molecule has 4 aromatic rings. The number of hydrogen-bond donors (Lipinski definition) is 1. The van der Waals surface area contributed by atoms with Crippen LogP contribution in [-0.4, -0.2) is 31.4 Å². The van der Waals surface area contributed by atoms with Crippen molar-refractivity contribution in [2.45, 2.75) is 18.6 Å². The van der Waals surface area contributed by atoms with Gasteiger partial charge in [-0.15, -0.1) is 10.2 Å². The van der Waals surface area contributed by atoms with Crippen LogP contribution < -0.4 is 5.32 Å². The van der Waals surface area contributed by atoms with Crippen molar-refractivity contribution in [1.29, 1.82) is 0 Å². The molecule has 0 radical (unpaired) electrons. The van der Waals surface area contributed by atoms with Crippen LogP contribution in [0.2, 0.25) is 0 Å². The normalized spacial score (nSPS) is 10.8. The van der Waals surface area contributed by atoms with E-state index in [1.807, 2.05) is 60.0 Å². The van der Waals surface area contributed by atoms with E-state index in [2.05, 4.69) is 48.6 Å². The van der Waals surface area contributed by atoms with Gasteiger partial charge in [-0.05, 0) is 48.4 Å². The highest BCUT2D eigenvalue weighted by Crippen LogP contribution is 2.25. The Bertz CT molecular complexity index is 1180. The molecule has 0 fully saturated rings. The molecule has 2 aromatic carbocycles. The molecule has 0 aliphatic rings. The number of anilines is 1. The van der Waals surface area contributed by atoms with Gasteiger partial charge in [0.05, 0.1) is 12.3 Å². The van der Waals surface area contributed by atoms with Crippen LogP contribution in [-0.2, 0) is 11.3 Å². The van der Waals surface area contributed by atoms with E-state index >= 15 is 0 Å². The number of thioether (sulfide) groups is 1. The second-order valence-electron chi connectivity index (χ2n) is 6.92. The monoisotopic (exact) mass is 493 g/mol. The number of hydrogen-bond acceptors (Lipinski definition) is 5. The highest BCUT2D eigenvalue weighted by atomic mass is 79.9. The maximum atomic E-state index is 12.5. The van der Waals surface area contributed by atoms with Gasteiger partial charge in [0.2, 0.25) is 5.91 Å². The first kappa shape index (κ1) is 21.3. The molecule has 4 rings (SSSR count). The summed E-state index contributed by atoms with van der Waals surface area (Å²) in [5.41, 5.74) is 3.85. The number of amides is 1. The van der Waals surface area contributed by atoms with E-state index in [-0.39, 0.29) is 11.7 Å². The van der Waals surface area contributed by atoms with Crippen LogP contribution in [0.15, 0.2) is 82.7 Å². The van der Waals surface area contributed by atoms with Crippen molar-refractivity contribution >= 4 is 39.3 Å². The standard InChI is InChI=1S/C23H20BrN5OS/c1-16-12-19(9-10-20(16)24)26-21(30)15-31-23-28-27-22(18-8-5-11-25-13-18)29(23)14-17-6-3-2-4-7-17/h2-13H,14-15H2,1H3,(H,26,30). The summed E-state index contributed by atoms with van der Waals surface area (Å²) in [5.74, 6) is 0.863. The average Bonchev–Trinajstić information content (AvgIpc) is 3.18. The summed E-state index contributed by atoms with van der Waals surface area (Å²) in [5, 5.41) is 12.4. The molecule has 31 heavy (non-hydrogen) atoms. The molecule has 0 bridgehead atoms. The molecule has 0 saturated heterocycles. The van der Waals surface area contributed by atoms with Crippen LogP contribution in [0, 0.1) is 6.92 Å². The molecule has 2 heterocycles. The molecule has 1 N–H and O–H groups in total. The van der Waals surface area contributed by atoms with Crippen LogP contribution in [0.4, 0.5) is 5.69 Å². The molecule has 2 aromatic heterocycles. The van der Waals surface area contributed by atoms with E-state index in [0.717, 1.165) is 32.7 Å². The fraction of sp³-hybridized carbons (Fsp3) is 0.130. The Morgan fingerprint density at radius 2 is 1.94 bits per heavy atom. The Morgan fingerprint density at radius 3 is 2.68 bits per heavy atom. The fourth-order valence-corrected chi connectivity index (χ4v) is 4.05. The molecule has 0 aliphatic carbocycles. The lowest BCUT2D eigenvalue weighted by Crippen LogP contribution is -2.15. The molecular weight excluding hydrogens is 474 g/mol. The second-order valence-corrected chi connectivity index (χ2v) is 8.72. The van der Waals surface area contributed by atoms with Gasteiger partial charge < -0.3 is 5.32 Å². The number of benzene rings is 2. The Hall–Kier alpha value is -2.97. The molecule has 0 spiro atoms. The number of carbonyl (C=O) groups excluding carboxylic acids is 1. The predicted molar refractivity (Wildman–Crippen MR) is 127 cm³/mol. The van der Waals surface area contributed by atoms with Crippen LogP contribution in [0.3, 0.4) is 0 Å². The fourth-order valence-electron chi connectivity index (χ4n) is 3.06. The van der Waals surface area contributed by atoms with Gasteiger partial charge in [-0.3, -0.25) is 14.3 Å². The highest BCUT2D eigenvalue weighted by Gasteiger charge is 2.16. The van der Waals surface area contributed by atoms with E-state index in [9.17, 15) is 4.79 Å². The number of pyridine rings is 1. The number of carbonyl (C=O) groups is 1. The summed E-state index contributed by atoms with van der Waals surface area (Å²) in [6, 6.07) is 19.7. The second kappa shape index (κ2) is 9.89. The first-order valence-electron chi connectivity index (χ1n) is 9.66. The molecule has 0 atom stereocenters. The quantitative estimate of drug-likeness (QED) is 0.358. The molecule has 1 amide bonds. The van der Waals surface area contributed by atoms with Crippen molar-refractivity contribution in [3.05, 3.63) is 88.7 Å². The van der Waals surface area contributed by atoms with Crippen LogP contribution in [0.5, 0.6) is 0 Å². The SMILES string of the molecule is Cc1cc(NC(=O)CSc2nnc(-c3cccnc3)n2Cc2ccccc2)ccc1Br. The van der Waals surface area contributed by atoms with E-state index in [1.54, 1.807) is 12.4 Å². The van der Waals surface area contributed by atoms with Crippen molar-refractivity contribution in [1.82, 2.24) is 19.7 Å². The first-order valence-corrected chi connectivity index (χ1v) is 11.4. The number of aryl methyl sites for hydroxylation is 1. The first-order chi connectivity index (χ1) is 15.1. The topological polar surface area (TPSA) is 72.7 Å². The maximum absolute atomic E-state index is 12.5. The number of nitrogens with one attached hydrogen (secondary N) is 1. The van der Waals surface area contributed by atoms with Crippen molar-refractivity contribution in [3.63, 3.8) is 0 Å². The number of rotatable bonds is 7. The summed E-state index contributed by atoms with van der Waals surface area (Å²) < 4.78 is 3.03. The van der Waals surface area contributed by atoms with Crippen molar-refractivity contribution < 1.29 is 4.79 Å². The van der Waals surface area contributed by atoms with E-state index in [1.165, 1.54) is 11.8 Å². The van der Waals surface area contributed by atoms with Crippen LogP contribution in [0.1, 0.15) is 11.1 Å². The van der Waals surface area contributed by atoms with Crippen molar-refractivity contribution in [2.75, 3.05) is 11.1 Å². The lowest BCUT2D eigenvalue weighted by molar-refractivity contribution is -0.113. The van der Waals surface area contributed by atoms with Gasteiger partial charge >= 0.3 is 0 Å². The van der Waals surface area contributed by atoms with E-state index < -0.39 is 0 Å². The van der Waals surface area contributed by atoms with Crippen LogP contribution in [0.25, 0.3) is 11.4 Å². The van der Waals surface area contributed by atoms with Gasteiger partial charge in [-0.2, -0.15) is 0 Å². The summed E-state index contributed by atoms with van der Waals surface area (Å²) in [6.07, 6.45) is 3.49. The zero-order valence-corrected chi connectivity index (χ0v) is 19.2. The van der Waals surface area contributed by atoms with Gasteiger partial charge in [-0.25, -0.2) is 0 Å². The Morgan fingerprint density at radius 1 is 1.10 bits per heavy atom. The lowest BCUT2D eigenvalue weighted by Gasteiger charge is -2.11. The summed E-state index contributed by atoms with van der Waals surface area (Å²) in [6.45, 7) is 2.59. The smallest absolute Gasteiger partial charge is 0.234 e. The summed E-state index contributed by atoms with van der Waals surface area (Å²) in [7, 11) is 0. The number of halogens is 1. The summed E-state index contributed by atoms with van der Waals surface area (Å²) >= 11 is 4.84. The third-order valence-corrected chi connectivity index (χ3v) is 6.45. The zero-order valence-electron chi connectivity index (χ0n) is 16.8. The molecule has 6 nitrogen and oxygen atoms in total. The highest BCUT2D eigenvalue weighted by molar-refractivity contribution is 9.10. The third-order valence-electron chi connectivity index (χ3n) is 4.59. The number of nitrogens with zero attached hydrogens (tertiary/aromatic N) is 4. The summed E-state index contributed by atoms with van der Waals surface area (Å²) in [4.78, 5) is 16.7. The predicted octanol–water partition coefficient (Wildman–Crippen LogP) is 5.19. The maximum Gasteiger partial charge on any atom is 0.234 e. The minimum Gasteiger partial charge on any atom is -0.325 e. The van der Waals surface area contributed by atoms with Gasteiger partial charge in [0.25, 0.3) is 0 Å². The largest absolute Gasteiger partial charge is 0.325 e. The lowest BCUT2D eigenvalue weighted by atomic mass is 10.2. The van der Waals surface area contributed by atoms with E-state index in [0.29, 0.717) is 11.7 Å². The zero-order chi connectivity index (χ0) is 21.6. The van der Waals surface area contributed by atoms with Gasteiger partial charge in [0.15, 0.2) is 11.0 Å². The molecular formula is C23H20BrN5OS. The molecule has 156 valence electrons. The Kier molecular flexibility index (Phi) is 6.79. The third kappa shape index (κ3) is 5.39. The van der Waals surface area contributed by atoms with Gasteiger partial charge in [0, 0.05) is 28.1 Å². The van der Waals surface area contributed by atoms with Crippen molar-refractivity contribution in [2.24, 2.45) is 0 Å². The van der Waals surface area contributed by atoms with Crippen molar-refractivity contribution in [3.8, 4) is 11.4 Å².